The van der Waals surface area contributed by atoms with E-state index in [0.717, 1.165) is 22.5 Å². The standard InChI is InChI=1S/C29H26N2O2/c1-29(2,23-15-13-21(27(32)17-23)19-30-25-9-5-3-6-10-25)24-16-14-22(28(33)18-24)20-31-26-11-7-4-8-12-26/h3-20,32-33H,1-2H3. The second-order valence-electron chi connectivity index (χ2n) is 8.36. The molecule has 4 nitrogen and oxygen atoms in total. The highest BCUT2D eigenvalue weighted by molar-refractivity contribution is 5.86. The zero-order chi connectivity index (χ0) is 23.3. The molecule has 0 fully saturated rings. The number of rotatable bonds is 6. The van der Waals surface area contributed by atoms with Crippen LogP contribution >= 0.6 is 0 Å². The molecule has 2 N–H and O–H groups in total. The maximum atomic E-state index is 10.6. The van der Waals surface area contributed by atoms with Crippen LogP contribution in [0.5, 0.6) is 11.5 Å². The smallest absolute Gasteiger partial charge is 0.124 e. The van der Waals surface area contributed by atoms with Crippen LogP contribution in [-0.2, 0) is 5.41 Å². The molecule has 4 rings (SSSR count). The van der Waals surface area contributed by atoms with E-state index in [0.29, 0.717) is 11.1 Å². The molecule has 4 aromatic rings. The van der Waals surface area contributed by atoms with E-state index in [-0.39, 0.29) is 11.5 Å². The minimum atomic E-state index is -0.431. The molecule has 0 heterocycles. The summed E-state index contributed by atoms with van der Waals surface area (Å²) in [7, 11) is 0. The first-order valence-electron chi connectivity index (χ1n) is 10.8. The normalized spacial score (nSPS) is 11.9. The van der Waals surface area contributed by atoms with Gasteiger partial charge in [0.05, 0.1) is 11.4 Å². The number of phenolic OH excluding ortho intramolecular Hbond substituents is 2. The van der Waals surface area contributed by atoms with Crippen molar-refractivity contribution in [2.24, 2.45) is 9.98 Å². The van der Waals surface area contributed by atoms with E-state index in [1.807, 2.05) is 84.9 Å². The molecule has 164 valence electrons. The molecular weight excluding hydrogens is 408 g/mol. The van der Waals surface area contributed by atoms with Crippen molar-refractivity contribution in [2.45, 2.75) is 19.3 Å². The fourth-order valence-electron chi connectivity index (χ4n) is 3.57. The van der Waals surface area contributed by atoms with Gasteiger partial charge in [-0.2, -0.15) is 0 Å². The van der Waals surface area contributed by atoms with Crippen LogP contribution in [0.3, 0.4) is 0 Å². The first-order valence-corrected chi connectivity index (χ1v) is 10.8. The quantitative estimate of drug-likeness (QED) is 0.323. The summed E-state index contributed by atoms with van der Waals surface area (Å²) >= 11 is 0. The Morgan fingerprint density at radius 1 is 0.576 bits per heavy atom. The molecule has 0 aliphatic carbocycles. The maximum Gasteiger partial charge on any atom is 0.124 e. The Kier molecular flexibility index (Phi) is 6.36. The third-order valence-electron chi connectivity index (χ3n) is 5.72. The van der Waals surface area contributed by atoms with Gasteiger partial charge in [0, 0.05) is 29.0 Å². The highest BCUT2D eigenvalue weighted by atomic mass is 16.3. The lowest BCUT2D eigenvalue weighted by Gasteiger charge is -2.27. The van der Waals surface area contributed by atoms with Crippen LogP contribution in [0.15, 0.2) is 107 Å². The molecule has 0 radical (unpaired) electrons. The third-order valence-corrected chi connectivity index (χ3v) is 5.72. The highest BCUT2D eigenvalue weighted by Crippen LogP contribution is 2.36. The number of benzene rings is 4. The lowest BCUT2D eigenvalue weighted by atomic mass is 9.77. The topological polar surface area (TPSA) is 65.2 Å². The van der Waals surface area contributed by atoms with Gasteiger partial charge in [0.2, 0.25) is 0 Å². The van der Waals surface area contributed by atoms with Crippen LogP contribution in [0, 0.1) is 0 Å². The van der Waals surface area contributed by atoms with E-state index in [4.69, 9.17) is 0 Å². The Morgan fingerprint density at radius 2 is 0.970 bits per heavy atom. The minimum Gasteiger partial charge on any atom is -0.507 e. The van der Waals surface area contributed by atoms with E-state index in [9.17, 15) is 10.2 Å². The molecule has 4 aromatic carbocycles. The molecule has 0 saturated heterocycles. The lowest BCUT2D eigenvalue weighted by molar-refractivity contribution is 0.469. The predicted octanol–water partition coefficient (Wildman–Crippen LogP) is 6.92. The fraction of sp³-hybridized carbons (Fsp3) is 0.103. The van der Waals surface area contributed by atoms with E-state index < -0.39 is 5.41 Å². The zero-order valence-corrected chi connectivity index (χ0v) is 18.7. The lowest BCUT2D eigenvalue weighted by Crippen LogP contribution is -2.19. The van der Waals surface area contributed by atoms with Crippen LogP contribution < -0.4 is 0 Å². The van der Waals surface area contributed by atoms with Crippen LogP contribution in [0.1, 0.15) is 36.1 Å². The van der Waals surface area contributed by atoms with Crippen molar-refractivity contribution < 1.29 is 10.2 Å². The van der Waals surface area contributed by atoms with Crippen LogP contribution in [0.2, 0.25) is 0 Å². The van der Waals surface area contributed by atoms with E-state index in [2.05, 4.69) is 23.8 Å². The van der Waals surface area contributed by atoms with Gasteiger partial charge in [0.15, 0.2) is 0 Å². The van der Waals surface area contributed by atoms with Gasteiger partial charge < -0.3 is 10.2 Å². The summed E-state index contributed by atoms with van der Waals surface area (Å²) in [6, 6.07) is 30.4. The summed E-state index contributed by atoms with van der Waals surface area (Å²) < 4.78 is 0. The Labute approximate surface area is 194 Å². The molecule has 0 amide bonds. The second kappa shape index (κ2) is 9.53. The van der Waals surface area contributed by atoms with E-state index in [1.165, 1.54) is 0 Å². The van der Waals surface area contributed by atoms with Crippen molar-refractivity contribution in [1.29, 1.82) is 0 Å². The molecule has 0 aromatic heterocycles. The summed E-state index contributed by atoms with van der Waals surface area (Å²) in [5.74, 6) is 0.326. The van der Waals surface area contributed by atoms with Gasteiger partial charge in [-0.3, -0.25) is 9.98 Å². The maximum absolute atomic E-state index is 10.6. The second-order valence-corrected chi connectivity index (χ2v) is 8.36. The average molecular weight is 435 g/mol. The first kappa shape index (κ1) is 22.0. The molecule has 33 heavy (non-hydrogen) atoms. The summed E-state index contributed by atoms with van der Waals surface area (Å²) in [5.41, 5.74) is 4.38. The Hall–Kier alpha value is -4.18. The van der Waals surface area contributed by atoms with Crippen molar-refractivity contribution >= 4 is 23.8 Å². The Morgan fingerprint density at radius 3 is 1.33 bits per heavy atom. The number of hydrogen-bond acceptors (Lipinski definition) is 4. The fourth-order valence-corrected chi connectivity index (χ4v) is 3.57. The number of para-hydroxylation sites is 2. The van der Waals surface area contributed by atoms with Gasteiger partial charge in [-0.05, 0) is 59.7 Å². The Bertz CT molecular complexity index is 1190. The van der Waals surface area contributed by atoms with Crippen LogP contribution in [-0.4, -0.2) is 22.6 Å². The molecular formula is C29H26N2O2. The van der Waals surface area contributed by atoms with Gasteiger partial charge in [-0.25, -0.2) is 0 Å². The number of aliphatic imine (C=N–C) groups is 2. The van der Waals surface area contributed by atoms with Crippen molar-refractivity contribution in [3.8, 4) is 11.5 Å². The van der Waals surface area contributed by atoms with E-state index >= 15 is 0 Å². The average Bonchev–Trinajstić information content (AvgIpc) is 2.83. The molecule has 0 aliphatic rings. The number of phenols is 2. The first-order chi connectivity index (χ1) is 15.9. The van der Waals surface area contributed by atoms with Gasteiger partial charge >= 0.3 is 0 Å². The predicted molar refractivity (Wildman–Crippen MR) is 136 cm³/mol. The minimum absolute atomic E-state index is 0.163. The SMILES string of the molecule is CC(C)(c1ccc(C=Nc2ccccc2)c(O)c1)c1ccc(C=Nc2ccccc2)c(O)c1. The summed E-state index contributed by atoms with van der Waals surface area (Å²) in [4.78, 5) is 8.84. The molecule has 0 aliphatic heterocycles. The highest BCUT2D eigenvalue weighted by Gasteiger charge is 2.25. The molecule has 0 bridgehead atoms. The molecule has 0 atom stereocenters. The number of hydrogen-bond donors (Lipinski definition) is 2. The zero-order valence-electron chi connectivity index (χ0n) is 18.7. The molecule has 0 saturated carbocycles. The van der Waals surface area contributed by atoms with Gasteiger partial charge in [0.25, 0.3) is 0 Å². The van der Waals surface area contributed by atoms with Crippen molar-refractivity contribution in [3.05, 3.63) is 119 Å². The number of aromatic hydroxyl groups is 2. The Balaban J connectivity index is 1.56. The third kappa shape index (κ3) is 5.18. The van der Waals surface area contributed by atoms with Crippen molar-refractivity contribution in [1.82, 2.24) is 0 Å². The number of nitrogens with zero attached hydrogens (tertiary/aromatic N) is 2. The molecule has 0 unspecified atom stereocenters. The van der Waals surface area contributed by atoms with Crippen LogP contribution in [0.4, 0.5) is 11.4 Å². The van der Waals surface area contributed by atoms with E-state index in [1.54, 1.807) is 24.6 Å². The van der Waals surface area contributed by atoms with Crippen molar-refractivity contribution in [2.75, 3.05) is 0 Å². The molecule has 0 spiro atoms. The molecule has 4 heteroatoms. The van der Waals surface area contributed by atoms with Gasteiger partial charge in [0.1, 0.15) is 11.5 Å². The summed E-state index contributed by atoms with van der Waals surface area (Å²) in [6.07, 6.45) is 3.32. The van der Waals surface area contributed by atoms with Crippen molar-refractivity contribution in [3.63, 3.8) is 0 Å². The summed E-state index contributed by atoms with van der Waals surface area (Å²) in [5, 5.41) is 21.2. The van der Waals surface area contributed by atoms with Gasteiger partial charge in [-0.15, -0.1) is 0 Å². The summed E-state index contributed by atoms with van der Waals surface area (Å²) in [6.45, 7) is 4.12. The van der Waals surface area contributed by atoms with Gasteiger partial charge in [-0.1, -0.05) is 62.4 Å². The monoisotopic (exact) mass is 434 g/mol. The largest absolute Gasteiger partial charge is 0.507 e. The van der Waals surface area contributed by atoms with Crippen LogP contribution in [0.25, 0.3) is 0 Å².